The molecule has 1 rings (SSSR count). The van der Waals surface area contributed by atoms with Crippen LogP contribution in [-0.4, -0.2) is 36.2 Å². The molecule has 118 valence electrons. The van der Waals surface area contributed by atoms with E-state index in [9.17, 15) is 18.0 Å². The Labute approximate surface area is 122 Å². The van der Waals surface area contributed by atoms with Gasteiger partial charge in [0.25, 0.3) is 5.91 Å². The number of para-hydroxylation sites is 1. The van der Waals surface area contributed by atoms with Crippen LogP contribution in [0.2, 0.25) is 0 Å². The summed E-state index contributed by atoms with van der Waals surface area (Å²) in [5.74, 6) is -0.189. The molecule has 1 aromatic rings. The molecule has 1 aromatic carbocycles. The van der Waals surface area contributed by atoms with E-state index in [0.717, 1.165) is 11.3 Å². The van der Waals surface area contributed by atoms with Crippen LogP contribution in [0.15, 0.2) is 30.3 Å². The van der Waals surface area contributed by atoms with Crippen LogP contribution in [0, 0.1) is 0 Å². The molecule has 0 aliphatic carbocycles. The Balaban J connectivity index is 2.69. The number of rotatable bonds is 7. The highest BCUT2D eigenvalue weighted by molar-refractivity contribution is 5.81. The number of halogens is 3. The molecule has 0 radical (unpaired) electrons. The fourth-order valence-electron chi connectivity index (χ4n) is 1.84. The Hall–Kier alpha value is -1.72. The van der Waals surface area contributed by atoms with E-state index in [4.69, 9.17) is 4.74 Å². The number of ether oxygens (including phenoxy) is 1. The number of benzene rings is 1. The maximum Gasteiger partial charge on any atom is 0.406 e. The van der Waals surface area contributed by atoms with Crippen molar-refractivity contribution in [1.82, 2.24) is 4.90 Å². The topological polar surface area (TPSA) is 29.5 Å². The lowest BCUT2D eigenvalue weighted by Gasteiger charge is -2.27. The van der Waals surface area contributed by atoms with Crippen molar-refractivity contribution < 1.29 is 22.7 Å². The summed E-state index contributed by atoms with van der Waals surface area (Å²) in [7, 11) is 0. The van der Waals surface area contributed by atoms with Gasteiger partial charge in [-0.15, -0.1) is 0 Å². The average molecular weight is 303 g/mol. The van der Waals surface area contributed by atoms with Gasteiger partial charge in [-0.3, -0.25) is 4.79 Å². The maximum atomic E-state index is 12.5. The first-order chi connectivity index (χ1) is 9.83. The summed E-state index contributed by atoms with van der Waals surface area (Å²) in [6, 6.07) is 8.57. The van der Waals surface area contributed by atoms with Gasteiger partial charge in [-0.1, -0.05) is 31.5 Å². The van der Waals surface area contributed by atoms with Gasteiger partial charge in [-0.25, -0.2) is 0 Å². The summed E-state index contributed by atoms with van der Waals surface area (Å²) in [6.45, 7) is 2.16. The molecule has 0 heterocycles. The predicted molar refractivity (Wildman–Crippen MR) is 74.1 cm³/mol. The number of carbonyl (C=O) groups excluding carboxylic acids is 1. The summed E-state index contributed by atoms with van der Waals surface area (Å²) < 4.78 is 43.0. The van der Waals surface area contributed by atoms with Crippen molar-refractivity contribution in [2.45, 2.75) is 39.0 Å². The van der Waals surface area contributed by atoms with Crippen LogP contribution in [0.25, 0.3) is 0 Å². The first-order valence-electron chi connectivity index (χ1n) is 6.90. The third-order valence-corrected chi connectivity index (χ3v) is 2.87. The smallest absolute Gasteiger partial charge is 0.406 e. The second-order valence-corrected chi connectivity index (χ2v) is 4.80. The summed E-state index contributed by atoms with van der Waals surface area (Å²) >= 11 is 0. The summed E-state index contributed by atoms with van der Waals surface area (Å²) in [5, 5.41) is 0. The molecule has 0 spiro atoms. The van der Waals surface area contributed by atoms with Gasteiger partial charge in [0.1, 0.15) is 12.3 Å². The normalized spacial score (nSPS) is 12.8. The van der Waals surface area contributed by atoms with E-state index in [1.807, 2.05) is 6.92 Å². The van der Waals surface area contributed by atoms with E-state index in [1.165, 1.54) is 6.92 Å². The molecule has 0 N–H and O–H groups in total. The van der Waals surface area contributed by atoms with Gasteiger partial charge in [0.05, 0.1) is 0 Å². The van der Waals surface area contributed by atoms with E-state index in [-0.39, 0.29) is 6.54 Å². The van der Waals surface area contributed by atoms with E-state index in [1.54, 1.807) is 30.3 Å². The first-order valence-corrected chi connectivity index (χ1v) is 6.90. The van der Waals surface area contributed by atoms with Crippen molar-refractivity contribution in [3.05, 3.63) is 30.3 Å². The molecule has 0 aliphatic rings. The Bertz CT molecular complexity index is 434. The minimum absolute atomic E-state index is 0.0807. The minimum Gasteiger partial charge on any atom is -0.481 e. The van der Waals surface area contributed by atoms with Crippen molar-refractivity contribution in [2.75, 3.05) is 13.1 Å². The van der Waals surface area contributed by atoms with Gasteiger partial charge >= 0.3 is 6.18 Å². The molecule has 0 aromatic heterocycles. The van der Waals surface area contributed by atoms with Crippen molar-refractivity contribution >= 4 is 5.91 Å². The second-order valence-electron chi connectivity index (χ2n) is 4.80. The molecular weight excluding hydrogens is 283 g/mol. The Morgan fingerprint density at radius 3 is 2.43 bits per heavy atom. The van der Waals surface area contributed by atoms with E-state index in [2.05, 4.69) is 0 Å². The minimum atomic E-state index is -4.41. The molecule has 21 heavy (non-hydrogen) atoms. The van der Waals surface area contributed by atoms with Crippen LogP contribution in [0.4, 0.5) is 13.2 Å². The molecule has 0 aliphatic heterocycles. The van der Waals surface area contributed by atoms with Crippen LogP contribution >= 0.6 is 0 Å². The van der Waals surface area contributed by atoms with E-state index >= 15 is 0 Å². The van der Waals surface area contributed by atoms with Gasteiger partial charge in [0.15, 0.2) is 6.10 Å². The molecule has 0 saturated heterocycles. The molecule has 0 fully saturated rings. The van der Waals surface area contributed by atoms with Crippen LogP contribution < -0.4 is 4.74 Å². The predicted octanol–water partition coefficient (Wildman–Crippen LogP) is 3.64. The average Bonchev–Trinajstić information content (AvgIpc) is 2.42. The third-order valence-electron chi connectivity index (χ3n) is 2.87. The number of alkyl halides is 3. The van der Waals surface area contributed by atoms with E-state index < -0.39 is 24.7 Å². The quantitative estimate of drug-likeness (QED) is 0.769. The highest BCUT2D eigenvalue weighted by Crippen LogP contribution is 2.19. The monoisotopic (exact) mass is 303 g/mol. The first kappa shape index (κ1) is 17.3. The number of nitrogens with zero attached hydrogens (tertiary/aromatic N) is 1. The molecule has 1 unspecified atom stereocenters. The number of unbranched alkanes of at least 4 members (excludes halogenated alkanes) is 1. The van der Waals surface area contributed by atoms with Crippen LogP contribution in [0.3, 0.4) is 0 Å². The Kier molecular flexibility index (Phi) is 6.52. The van der Waals surface area contributed by atoms with Gasteiger partial charge < -0.3 is 9.64 Å². The molecule has 1 atom stereocenters. The van der Waals surface area contributed by atoms with Crippen molar-refractivity contribution in [3.63, 3.8) is 0 Å². The van der Waals surface area contributed by atoms with Crippen LogP contribution in [-0.2, 0) is 4.79 Å². The molecule has 3 nitrogen and oxygen atoms in total. The number of hydrogen-bond acceptors (Lipinski definition) is 2. The lowest BCUT2D eigenvalue weighted by atomic mass is 10.2. The Morgan fingerprint density at radius 2 is 1.90 bits per heavy atom. The van der Waals surface area contributed by atoms with Crippen LogP contribution in [0.5, 0.6) is 5.75 Å². The molecule has 1 amide bonds. The SMILES string of the molecule is CCCCN(CC(F)(F)F)C(=O)C(C)Oc1ccccc1. The Morgan fingerprint density at radius 1 is 1.29 bits per heavy atom. The zero-order chi connectivity index (χ0) is 15.9. The fraction of sp³-hybridized carbons (Fsp3) is 0.533. The summed E-state index contributed by atoms with van der Waals surface area (Å²) in [6.07, 6.45) is -4.11. The molecular formula is C15H20F3NO2. The molecule has 0 bridgehead atoms. The standard InChI is InChI=1S/C15H20F3NO2/c1-3-4-10-19(11-15(16,17)18)14(20)12(2)21-13-8-6-5-7-9-13/h5-9,12H,3-4,10-11H2,1-2H3. The van der Waals surface area contributed by atoms with Gasteiger partial charge in [0.2, 0.25) is 0 Å². The number of amides is 1. The molecule has 0 saturated carbocycles. The lowest BCUT2D eigenvalue weighted by Crippen LogP contribution is -2.45. The van der Waals surface area contributed by atoms with Crippen molar-refractivity contribution in [2.24, 2.45) is 0 Å². The van der Waals surface area contributed by atoms with Gasteiger partial charge in [-0.2, -0.15) is 13.2 Å². The zero-order valence-corrected chi connectivity index (χ0v) is 12.2. The number of carbonyl (C=O) groups is 1. The van der Waals surface area contributed by atoms with Crippen molar-refractivity contribution in [3.8, 4) is 5.75 Å². The lowest BCUT2D eigenvalue weighted by molar-refractivity contribution is -0.165. The van der Waals surface area contributed by atoms with Gasteiger partial charge in [-0.05, 0) is 25.5 Å². The zero-order valence-electron chi connectivity index (χ0n) is 12.2. The summed E-state index contributed by atoms with van der Waals surface area (Å²) in [4.78, 5) is 12.9. The largest absolute Gasteiger partial charge is 0.481 e. The molecule has 6 heteroatoms. The highest BCUT2D eigenvalue weighted by atomic mass is 19.4. The summed E-state index contributed by atoms with van der Waals surface area (Å²) in [5.41, 5.74) is 0. The highest BCUT2D eigenvalue weighted by Gasteiger charge is 2.34. The van der Waals surface area contributed by atoms with Crippen molar-refractivity contribution in [1.29, 1.82) is 0 Å². The van der Waals surface area contributed by atoms with Gasteiger partial charge in [0, 0.05) is 6.54 Å². The van der Waals surface area contributed by atoms with E-state index in [0.29, 0.717) is 12.2 Å². The third kappa shape index (κ3) is 6.51. The maximum absolute atomic E-state index is 12.5. The fourth-order valence-corrected chi connectivity index (χ4v) is 1.84. The second kappa shape index (κ2) is 7.90. The van der Waals surface area contributed by atoms with Crippen LogP contribution in [0.1, 0.15) is 26.7 Å². The number of hydrogen-bond donors (Lipinski definition) is 0.